The van der Waals surface area contributed by atoms with Crippen molar-refractivity contribution in [3.8, 4) is 5.75 Å². The number of nitrogens with one attached hydrogen (secondary N) is 10. The van der Waals surface area contributed by atoms with Crippen LogP contribution < -0.4 is 59.3 Å². The fraction of sp³-hybridized carbons (Fsp3) is 0.473. The van der Waals surface area contributed by atoms with Crippen molar-refractivity contribution in [1.29, 1.82) is 0 Å². The van der Waals surface area contributed by atoms with Gasteiger partial charge in [0.05, 0.1) is 30.9 Å². The molecule has 3 aliphatic rings. The van der Waals surface area contributed by atoms with Crippen LogP contribution in [0, 0.1) is 23.5 Å². The number of H-pyrrole nitrogens is 1. The van der Waals surface area contributed by atoms with E-state index in [-0.39, 0.29) is 56.3 Å². The highest BCUT2D eigenvalue weighted by molar-refractivity contribution is 8.00. The molecule has 6 aromatic rings. The first-order chi connectivity index (χ1) is 63.6. The molecule has 722 valence electrons. The molecule has 1 aromatic heterocycles. The number of aromatic nitrogens is 1. The van der Waals surface area contributed by atoms with Crippen molar-refractivity contribution < 1.29 is 111 Å². The number of halogens is 2. The van der Waals surface area contributed by atoms with E-state index in [1.54, 1.807) is 112 Å². The SMILES string of the molecule is CCCC[C@H]1C(=O)N2C[C@H](O)C[C@@H]2C(=O)N[C@@H](CC(=O)O)C(=O)N[C@@H](C(C)C)C(=O)N(C)[C@H](Cc2ccccc2)C(=O)N[C@@H](CCC(N)=O)C(=O)N2C[C@H](O)C[C@@H]2C(=O)N[C@@H](Cc2c[nH]c3ccccc23)C(=O)N[C@@H](Cc2ccc(O)cc2)C(=O)N[C@H](CC(C)C)C(=O)N[C@H](C(=O)NCC(N)=O)CSCC(=O)N[C@H](Cc2ccc(F)c(F)c2)C(=O)N(C)[C@@H](Cc2ccccc2)C(=O)N1C. The standard InChI is InChI=1S/C93H119F2N17O21S/c1-9-10-25-71-92(132)112-47-59(115)42-74(112)88(128)105-68(43-79(119)120)85(125)107-80(51(4)5)93(133)109(7)72(38-52-19-13-11-14-20-52)86(126)101-64(32-33-76(96)116)90(130)111-46-58(114)41-73(111)87(127)104-67(40-56-44-98-63-24-18-17-23-60(56)63)84(124)103-66(36-54-26-29-57(113)30-27-54)83(123)102-65(34-50(2)3)82(122)106-70(81(121)99-45-77(97)117)48-134-49-78(118)100-69(37-55-28-31-61(94)62(95)35-55)89(129)110(8)75(91(131)108(71)6)39-53-21-15-12-16-22-53/h11-24,26-31,35,44,50-51,58-59,64-75,80,98,113-115H,9-10,25,32-34,36-43,45-49H2,1-8H3,(H2,96,116)(H2,97,117)(H,99,121)(H,100,118)(H,101,126)(H,102,123)(H,103,124)(H,104,127)(H,105,128)(H,106,122)(H,107,125)(H,119,120)/t58-,59-,64+,65-,66+,67+,68+,69-,70+,71+,72-,73-,74-,75+,80+/m1/s1. The lowest BCUT2D eigenvalue weighted by atomic mass is 9.98. The number of aromatic hydroxyl groups is 1. The van der Waals surface area contributed by atoms with E-state index in [0.29, 0.717) is 51.3 Å². The van der Waals surface area contributed by atoms with Crippen LogP contribution in [0.1, 0.15) is 120 Å². The quantitative estimate of drug-likeness (QED) is 0.0377. The molecule has 3 saturated heterocycles. The number of aromatic amines is 1. The van der Waals surface area contributed by atoms with Crippen LogP contribution in [0.2, 0.25) is 0 Å². The maximum Gasteiger partial charge on any atom is 0.305 e. The largest absolute Gasteiger partial charge is 0.508 e. The van der Waals surface area contributed by atoms with Crippen LogP contribution in [0.5, 0.6) is 5.75 Å². The van der Waals surface area contributed by atoms with Crippen LogP contribution in [0.25, 0.3) is 10.9 Å². The fourth-order valence-corrected chi connectivity index (χ4v) is 17.3. The molecule has 38 nitrogen and oxygen atoms in total. The Morgan fingerprint density at radius 2 is 1.02 bits per heavy atom. The topological polar surface area (TPSA) is 563 Å². The van der Waals surface area contributed by atoms with Gasteiger partial charge in [0.15, 0.2) is 11.6 Å². The van der Waals surface area contributed by atoms with E-state index in [1.165, 1.54) is 59.3 Å². The summed E-state index contributed by atoms with van der Waals surface area (Å²) in [5.74, 6) is -23.4. The van der Waals surface area contributed by atoms with Crippen LogP contribution in [0.3, 0.4) is 0 Å². The number of fused-ring (bicyclic) bond motifs is 3. The number of phenolic OH excluding ortho intramolecular Hbond substituents is 1. The van der Waals surface area contributed by atoms with Crippen LogP contribution in [-0.2, 0) is 114 Å². The summed E-state index contributed by atoms with van der Waals surface area (Å²) in [6.45, 7) is 6.28. The Morgan fingerprint density at radius 1 is 0.507 bits per heavy atom. The number of aliphatic hydroxyl groups excluding tert-OH is 2. The van der Waals surface area contributed by atoms with Gasteiger partial charge in [-0.15, -0.1) is 11.8 Å². The number of benzene rings is 5. The zero-order valence-electron chi connectivity index (χ0n) is 75.7. The van der Waals surface area contributed by atoms with Gasteiger partial charge in [0.2, 0.25) is 94.5 Å². The van der Waals surface area contributed by atoms with Gasteiger partial charge in [0.1, 0.15) is 84.3 Å². The second kappa shape index (κ2) is 48.8. The van der Waals surface area contributed by atoms with Crippen molar-refractivity contribution in [3.05, 3.63) is 173 Å². The van der Waals surface area contributed by atoms with Gasteiger partial charge in [-0.1, -0.05) is 145 Å². The van der Waals surface area contributed by atoms with Gasteiger partial charge in [0, 0.05) is 108 Å². The first-order valence-electron chi connectivity index (χ1n) is 44.3. The molecule has 0 unspecified atom stereocenters. The van der Waals surface area contributed by atoms with E-state index in [1.807, 2.05) is 0 Å². The van der Waals surface area contributed by atoms with Crippen LogP contribution in [0.15, 0.2) is 134 Å². The number of carboxylic acids is 1. The lowest BCUT2D eigenvalue weighted by Crippen LogP contribution is -2.62. The van der Waals surface area contributed by atoms with Gasteiger partial charge in [-0.2, -0.15) is 0 Å². The Morgan fingerprint density at radius 3 is 1.60 bits per heavy atom. The van der Waals surface area contributed by atoms with Crippen LogP contribution >= 0.6 is 11.8 Å². The fourth-order valence-electron chi connectivity index (χ4n) is 16.4. The van der Waals surface area contributed by atoms with Gasteiger partial charge in [-0.05, 0) is 89.2 Å². The normalized spacial score (nSPS) is 24.6. The van der Waals surface area contributed by atoms with Crippen molar-refractivity contribution in [1.82, 2.24) is 77.3 Å². The Hall–Kier alpha value is -13.4. The number of primary amides is 2. The van der Waals surface area contributed by atoms with Crippen molar-refractivity contribution in [2.45, 2.75) is 215 Å². The number of carbonyl (C=O) groups is 17. The molecular weight excluding hydrogens is 1760 g/mol. The summed E-state index contributed by atoms with van der Waals surface area (Å²) < 4.78 is 29.8. The minimum absolute atomic E-state index is 0.0322. The number of likely N-dealkylation sites (N-methyl/N-ethyl adjacent to an activating group) is 3. The zero-order chi connectivity index (χ0) is 98.1. The first kappa shape index (κ1) is 104. The molecule has 3 aliphatic heterocycles. The zero-order valence-corrected chi connectivity index (χ0v) is 76.6. The molecule has 41 heteroatoms. The number of carboxylic acid groups (broad SMARTS) is 1. The van der Waals surface area contributed by atoms with Gasteiger partial charge in [0.25, 0.3) is 0 Å². The highest BCUT2D eigenvalue weighted by Gasteiger charge is 2.48. The monoisotopic (exact) mass is 1880 g/mol. The van der Waals surface area contributed by atoms with Crippen LogP contribution in [-0.4, -0.2) is 293 Å². The number of aliphatic carboxylic acids is 1. The first-order valence-corrected chi connectivity index (χ1v) is 45.4. The summed E-state index contributed by atoms with van der Waals surface area (Å²) in [5, 5.41) is 67.6. The van der Waals surface area contributed by atoms with E-state index in [9.17, 15) is 58.4 Å². The minimum atomic E-state index is -2.05. The number of amides is 16. The van der Waals surface area contributed by atoms with Crippen molar-refractivity contribution in [2.75, 3.05) is 52.3 Å². The second-order valence-electron chi connectivity index (χ2n) is 34.7. The highest BCUT2D eigenvalue weighted by Crippen LogP contribution is 2.29. The number of nitrogens with two attached hydrogens (primary N) is 2. The Labute approximate surface area is 777 Å². The van der Waals surface area contributed by atoms with Gasteiger partial charge in [-0.3, -0.25) is 81.5 Å². The van der Waals surface area contributed by atoms with E-state index in [0.717, 1.165) is 42.7 Å². The predicted octanol–water partition coefficient (Wildman–Crippen LogP) is -0.0712. The van der Waals surface area contributed by atoms with Gasteiger partial charge < -0.3 is 109 Å². The number of nitrogens with zero attached hydrogens (tertiary/aromatic N) is 5. The Kier molecular flexibility index (Phi) is 38.0. The average Bonchev–Trinajstić information content (AvgIpc) is 1.56. The summed E-state index contributed by atoms with van der Waals surface area (Å²) in [5.41, 5.74) is 13.4. The Balaban J connectivity index is 1.14. The van der Waals surface area contributed by atoms with Crippen molar-refractivity contribution in [2.24, 2.45) is 23.3 Å². The molecule has 0 saturated carbocycles. The molecule has 18 N–H and O–H groups in total. The molecule has 4 heterocycles. The molecular formula is C93H119F2N17O21S. The smallest absolute Gasteiger partial charge is 0.305 e. The lowest BCUT2D eigenvalue weighted by Gasteiger charge is -2.38. The molecule has 0 spiro atoms. The molecule has 5 aromatic carbocycles. The number of thioether (sulfide) groups is 1. The average molecular weight is 1880 g/mol. The lowest BCUT2D eigenvalue weighted by molar-refractivity contribution is -0.152. The van der Waals surface area contributed by atoms with Crippen molar-refractivity contribution in [3.63, 3.8) is 0 Å². The molecule has 0 bridgehead atoms. The number of carbonyl (C=O) groups excluding carboxylic acids is 16. The van der Waals surface area contributed by atoms with E-state index in [4.69, 9.17) is 11.5 Å². The maximum atomic E-state index is 15.7. The van der Waals surface area contributed by atoms with E-state index < -0.39 is 284 Å². The van der Waals surface area contributed by atoms with Crippen LogP contribution in [0.4, 0.5) is 8.78 Å². The summed E-state index contributed by atoms with van der Waals surface area (Å²) >= 11 is 0.701. The Bertz CT molecular complexity index is 5230. The highest BCUT2D eigenvalue weighted by atomic mass is 32.2. The summed E-state index contributed by atoms with van der Waals surface area (Å²) in [7, 11) is 3.69. The van der Waals surface area contributed by atoms with E-state index >= 15 is 52.3 Å². The number of hydrogen-bond donors (Lipinski definition) is 16. The second-order valence-corrected chi connectivity index (χ2v) is 35.8. The molecule has 16 amide bonds. The maximum absolute atomic E-state index is 15.7. The van der Waals surface area contributed by atoms with E-state index in [2.05, 4.69) is 52.8 Å². The minimum Gasteiger partial charge on any atom is -0.508 e. The molecule has 0 radical (unpaired) electrons. The number of aliphatic hydroxyl groups is 2. The molecule has 15 atom stereocenters. The molecule has 3 fully saturated rings. The molecule has 9 rings (SSSR count). The number of unbranched alkanes of at least 4 members (excludes halogenated alkanes) is 1. The summed E-state index contributed by atoms with van der Waals surface area (Å²) in [6, 6.07) is 9.51. The third-order valence-corrected chi connectivity index (χ3v) is 24.7. The number of phenols is 1. The van der Waals surface area contributed by atoms with Gasteiger partial charge in [-0.25, -0.2) is 8.78 Å². The third-order valence-electron chi connectivity index (χ3n) is 23.7. The van der Waals surface area contributed by atoms with Crippen molar-refractivity contribution >= 4 is 123 Å². The summed E-state index contributed by atoms with van der Waals surface area (Å²) in [6.07, 6.45) is -6.08. The van der Waals surface area contributed by atoms with Gasteiger partial charge >= 0.3 is 5.97 Å². The number of para-hydroxylation sites is 1. The number of hydrogen-bond acceptors (Lipinski definition) is 21. The third kappa shape index (κ3) is 29.0. The molecule has 134 heavy (non-hydrogen) atoms. The summed E-state index contributed by atoms with van der Waals surface area (Å²) in [4.78, 5) is 258. The number of rotatable bonds is 24. The molecule has 0 aliphatic carbocycles. The predicted molar refractivity (Wildman–Crippen MR) is 486 cm³/mol.